The van der Waals surface area contributed by atoms with E-state index in [0.717, 1.165) is 41.1 Å². The van der Waals surface area contributed by atoms with Gasteiger partial charge in [0.1, 0.15) is 11.1 Å². The molecule has 0 unspecified atom stereocenters. The van der Waals surface area contributed by atoms with E-state index in [1.54, 1.807) is 11.3 Å². The second kappa shape index (κ2) is 10.2. The molecule has 1 aromatic rings. The summed E-state index contributed by atoms with van der Waals surface area (Å²) in [6.45, 7) is 10.9. The Morgan fingerprint density at radius 1 is 1.27 bits per heavy atom. The van der Waals surface area contributed by atoms with Crippen molar-refractivity contribution < 1.29 is 15.3 Å². The molecule has 182 valence electrons. The minimum Gasteiger partial charge on any atom is -0.393 e. The Kier molecular flexibility index (Phi) is 7.64. The van der Waals surface area contributed by atoms with E-state index in [-0.39, 0.29) is 0 Å². The molecule has 3 fully saturated rings. The van der Waals surface area contributed by atoms with Gasteiger partial charge in [-0.1, -0.05) is 38.2 Å². The minimum atomic E-state index is -0.629. The van der Waals surface area contributed by atoms with Gasteiger partial charge >= 0.3 is 0 Å². The number of aromatic nitrogens is 1. The fourth-order valence-corrected chi connectivity index (χ4v) is 7.77. The Morgan fingerprint density at radius 3 is 2.79 bits per heavy atom. The predicted octanol–water partition coefficient (Wildman–Crippen LogP) is 6.04. The van der Waals surface area contributed by atoms with E-state index in [0.29, 0.717) is 36.0 Å². The highest BCUT2D eigenvalue weighted by Crippen LogP contribution is 2.60. The van der Waals surface area contributed by atoms with Crippen molar-refractivity contribution in [1.82, 2.24) is 4.98 Å². The third-order valence-corrected chi connectivity index (χ3v) is 9.87. The Morgan fingerprint density at radius 2 is 2.06 bits per heavy atom. The number of aliphatic hydroxyl groups excluding tert-OH is 3. The summed E-state index contributed by atoms with van der Waals surface area (Å²) in [6, 6.07) is 0. The first-order valence-corrected chi connectivity index (χ1v) is 13.6. The van der Waals surface area contributed by atoms with Crippen molar-refractivity contribution in [2.75, 3.05) is 0 Å². The molecule has 0 amide bonds. The molecule has 3 saturated carbocycles. The number of allylic oxidation sites excluding steroid dienone is 3. The maximum atomic E-state index is 10.6. The highest BCUT2D eigenvalue weighted by molar-refractivity contribution is 7.09. The lowest BCUT2D eigenvalue weighted by Crippen LogP contribution is -2.36. The zero-order valence-electron chi connectivity index (χ0n) is 20.5. The third-order valence-electron chi connectivity index (χ3n) is 8.81. The average molecular weight is 472 g/mol. The lowest BCUT2D eigenvalue weighted by atomic mass is 9.60. The van der Waals surface area contributed by atoms with E-state index < -0.39 is 18.3 Å². The molecule has 7 atom stereocenters. The van der Waals surface area contributed by atoms with Crippen molar-refractivity contribution in [3.63, 3.8) is 0 Å². The number of hydrogen-bond acceptors (Lipinski definition) is 5. The molecule has 33 heavy (non-hydrogen) atoms. The molecule has 0 radical (unpaired) electrons. The summed E-state index contributed by atoms with van der Waals surface area (Å²) in [5, 5.41) is 33.7. The second-order valence-electron chi connectivity index (χ2n) is 11.1. The molecule has 1 aromatic heterocycles. The van der Waals surface area contributed by atoms with Gasteiger partial charge in [-0.2, -0.15) is 0 Å². The number of hydrogen-bond donors (Lipinski definition) is 3. The molecular weight excluding hydrogens is 430 g/mol. The normalized spacial score (nSPS) is 36.8. The quantitative estimate of drug-likeness (QED) is 0.473. The zero-order valence-corrected chi connectivity index (χ0v) is 21.3. The molecular formula is C28H41NO3S. The Hall–Kier alpha value is -1.27. The second-order valence-corrected chi connectivity index (χ2v) is 12.0. The number of aryl methyl sites for hydroxylation is 1. The Balaban J connectivity index is 1.43. The van der Waals surface area contributed by atoms with Crippen LogP contribution in [0.2, 0.25) is 0 Å². The van der Waals surface area contributed by atoms with Gasteiger partial charge in [-0.3, -0.25) is 0 Å². The summed E-state index contributed by atoms with van der Waals surface area (Å²) in [5.74, 6) is 1.86. The predicted molar refractivity (Wildman–Crippen MR) is 135 cm³/mol. The first-order valence-electron chi connectivity index (χ1n) is 12.7. The molecule has 4 rings (SSSR count). The van der Waals surface area contributed by atoms with Crippen LogP contribution in [-0.2, 0) is 0 Å². The molecule has 0 aromatic carbocycles. The van der Waals surface area contributed by atoms with Crippen molar-refractivity contribution in [3.05, 3.63) is 51.5 Å². The molecule has 0 spiro atoms. The maximum Gasteiger partial charge on any atom is 0.121 e. The largest absolute Gasteiger partial charge is 0.393 e. The van der Waals surface area contributed by atoms with E-state index >= 15 is 0 Å². The van der Waals surface area contributed by atoms with Crippen molar-refractivity contribution in [3.8, 4) is 0 Å². The van der Waals surface area contributed by atoms with Gasteiger partial charge in [-0.05, 0) is 92.6 Å². The van der Waals surface area contributed by atoms with Crippen LogP contribution in [0.4, 0.5) is 0 Å². The Labute approximate surface area is 203 Å². The lowest BCUT2D eigenvalue weighted by molar-refractivity contribution is 0.0823. The van der Waals surface area contributed by atoms with Crippen LogP contribution < -0.4 is 0 Å². The van der Waals surface area contributed by atoms with E-state index in [1.165, 1.54) is 31.3 Å². The standard InChI is InChI=1S/C28H41NO3S/c1-17(7-12-25(31)27-29-18(2)16-33-27)23-10-11-24-20(6-5-13-28(23,24)4)8-9-21-14-22(30)15-26(32)19(21)3/h8-9,16-17,22-26,30-32H,3,5-7,10-15H2,1-2,4H3/t17-,22-,23-,24+,25+,26+,28-/m1/s1. The van der Waals surface area contributed by atoms with Gasteiger partial charge in [0.15, 0.2) is 0 Å². The summed E-state index contributed by atoms with van der Waals surface area (Å²) in [4.78, 5) is 4.47. The van der Waals surface area contributed by atoms with E-state index in [4.69, 9.17) is 0 Å². The molecule has 0 aliphatic heterocycles. The van der Waals surface area contributed by atoms with Crippen LogP contribution in [-0.4, -0.2) is 32.5 Å². The highest BCUT2D eigenvalue weighted by atomic mass is 32.1. The topological polar surface area (TPSA) is 73.6 Å². The average Bonchev–Trinajstić information content (AvgIpc) is 3.36. The molecule has 4 nitrogen and oxygen atoms in total. The van der Waals surface area contributed by atoms with Gasteiger partial charge in [0.05, 0.1) is 12.2 Å². The van der Waals surface area contributed by atoms with Gasteiger partial charge < -0.3 is 15.3 Å². The fourth-order valence-electron chi connectivity index (χ4n) is 6.95. The number of thiazole rings is 1. The fraction of sp³-hybridized carbons (Fsp3) is 0.679. The van der Waals surface area contributed by atoms with Crippen molar-refractivity contribution in [2.45, 2.75) is 96.9 Å². The summed E-state index contributed by atoms with van der Waals surface area (Å²) >= 11 is 1.57. The van der Waals surface area contributed by atoms with Crippen LogP contribution in [0, 0.1) is 30.1 Å². The summed E-state index contributed by atoms with van der Waals surface area (Å²) < 4.78 is 0. The molecule has 3 N–H and O–H groups in total. The molecule has 0 saturated heterocycles. The first-order chi connectivity index (χ1) is 15.7. The minimum absolute atomic E-state index is 0.313. The Bertz CT molecular complexity index is 918. The smallest absolute Gasteiger partial charge is 0.121 e. The summed E-state index contributed by atoms with van der Waals surface area (Å²) in [7, 11) is 0. The zero-order chi connectivity index (χ0) is 23.8. The molecule has 5 heteroatoms. The van der Waals surface area contributed by atoms with Gasteiger partial charge in [0.25, 0.3) is 0 Å². The number of aliphatic hydroxyl groups is 3. The number of fused-ring (bicyclic) bond motifs is 1. The van der Waals surface area contributed by atoms with Crippen LogP contribution in [0.25, 0.3) is 0 Å². The molecule has 1 heterocycles. The monoisotopic (exact) mass is 471 g/mol. The third kappa shape index (κ3) is 5.22. The molecule has 3 aliphatic carbocycles. The number of nitrogens with zero attached hydrogens (tertiary/aromatic N) is 1. The van der Waals surface area contributed by atoms with Gasteiger partial charge in [0.2, 0.25) is 0 Å². The SMILES string of the molecule is C=C1C(=CC=C2CCC[C@]3(C)[C@@H]([C@H](C)CC[C@H](O)c4nc(C)cs4)CC[C@@H]23)C[C@@H](O)C[C@@H]1O. The number of rotatable bonds is 6. The highest BCUT2D eigenvalue weighted by Gasteiger charge is 2.50. The van der Waals surface area contributed by atoms with Crippen LogP contribution >= 0.6 is 11.3 Å². The van der Waals surface area contributed by atoms with E-state index in [2.05, 4.69) is 37.6 Å². The summed E-state index contributed by atoms with van der Waals surface area (Å²) in [6.07, 6.45) is 11.8. The van der Waals surface area contributed by atoms with E-state index in [1.807, 2.05) is 12.3 Å². The van der Waals surface area contributed by atoms with Crippen molar-refractivity contribution >= 4 is 11.3 Å². The van der Waals surface area contributed by atoms with Crippen LogP contribution in [0.1, 0.15) is 88.4 Å². The molecule has 0 bridgehead atoms. The van der Waals surface area contributed by atoms with Gasteiger partial charge in [0, 0.05) is 17.5 Å². The lowest BCUT2D eigenvalue weighted by Gasteiger charge is -2.44. The van der Waals surface area contributed by atoms with E-state index in [9.17, 15) is 15.3 Å². The summed E-state index contributed by atoms with van der Waals surface area (Å²) in [5.41, 5.74) is 4.60. The first kappa shape index (κ1) is 24.8. The van der Waals surface area contributed by atoms with Crippen molar-refractivity contribution in [1.29, 1.82) is 0 Å². The molecule has 3 aliphatic rings. The van der Waals surface area contributed by atoms with Crippen LogP contribution in [0.3, 0.4) is 0 Å². The maximum absolute atomic E-state index is 10.6. The van der Waals surface area contributed by atoms with Gasteiger partial charge in [-0.25, -0.2) is 4.98 Å². The van der Waals surface area contributed by atoms with Crippen LogP contribution in [0.5, 0.6) is 0 Å². The van der Waals surface area contributed by atoms with Gasteiger partial charge in [-0.15, -0.1) is 11.3 Å². The van der Waals surface area contributed by atoms with Crippen LogP contribution in [0.15, 0.2) is 40.8 Å². The van der Waals surface area contributed by atoms with Crippen molar-refractivity contribution in [2.24, 2.45) is 23.2 Å².